The van der Waals surface area contributed by atoms with Crippen LogP contribution in [0.1, 0.15) is 40.7 Å². The number of carbonyl (C=O) groups is 3. The summed E-state index contributed by atoms with van der Waals surface area (Å²) in [5.41, 5.74) is 10.1. The van der Waals surface area contributed by atoms with Gasteiger partial charge in [0.1, 0.15) is 0 Å². The first-order valence-electron chi connectivity index (χ1n) is 9.16. The summed E-state index contributed by atoms with van der Waals surface area (Å²) >= 11 is 0. The molecule has 138 valence electrons. The van der Waals surface area contributed by atoms with Gasteiger partial charge in [-0.1, -0.05) is 18.2 Å². The maximum Gasteiger partial charge on any atom is 0.258 e. The number of hydrogen-bond donors (Lipinski definition) is 1. The van der Waals surface area contributed by atoms with Crippen molar-refractivity contribution >= 4 is 29.1 Å². The Kier molecular flexibility index (Phi) is 4.39. The third-order valence-electron chi connectivity index (χ3n) is 5.23. The van der Waals surface area contributed by atoms with Crippen LogP contribution in [0.2, 0.25) is 0 Å². The quantitative estimate of drug-likeness (QED) is 0.671. The van der Waals surface area contributed by atoms with Gasteiger partial charge >= 0.3 is 0 Å². The lowest BCUT2D eigenvalue weighted by molar-refractivity contribution is -0.139. The molecule has 1 fully saturated rings. The molecule has 0 unspecified atom stereocenters. The Bertz CT molecular complexity index is 905. The smallest absolute Gasteiger partial charge is 0.258 e. The van der Waals surface area contributed by atoms with E-state index >= 15 is 0 Å². The molecule has 0 radical (unpaired) electrons. The fraction of sp³-hybridized carbons (Fsp3) is 0.286. The molecule has 27 heavy (non-hydrogen) atoms. The molecule has 0 aliphatic carbocycles. The molecule has 2 aromatic rings. The first kappa shape index (κ1) is 17.3. The normalized spacial score (nSPS) is 16.6. The summed E-state index contributed by atoms with van der Waals surface area (Å²) in [5.74, 6) is -0.341. The topological polar surface area (TPSA) is 83.7 Å². The highest BCUT2D eigenvalue weighted by Crippen LogP contribution is 2.32. The molecular formula is C21H21N3O3. The SMILES string of the molecule is Nc1cccc2c1CCCN2C(=O)c1ccc(CN2C(=O)CCC2=O)cc1. The lowest BCUT2D eigenvalue weighted by atomic mass is 9.99. The van der Waals surface area contributed by atoms with Crippen molar-refractivity contribution in [2.24, 2.45) is 0 Å². The van der Waals surface area contributed by atoms with E-state index in [1.54, 1.807) is 29.2 Å². The van der Waals surface area contributed by atoms with E-state index in [-0.39, 0.29) is 37.1 Å². The highest BCUT2D eigenvalue weighted by Gasteiger charge is 2.29. The number of nitrogen functional groups attached to an aromatic ring is 1. The van der Waals surface area contributed by atoms with Crippen LogP contribution in [0.4, 0.5) is 11.4 Å². The Labute approximate surface area is 157 Å². The Morgan fingerprint density at radius 2 is 1.67 bits per heavy atom. The molecule has 2 heterocycles. The number of nitrogens with zero attached hydrogens (tertiary/aromatic N) is 2. The zero-order chi connectivity index (χ0) is 19.0. The van der Waals surface area contributed by atoms with E-state index in [9.17, 15) is 14.4 Å². The van der Waals surface area contributed by atoms with Crippen LogP contribution in [0.15, 0.2) is 42.5 Å². The molecule has 3 amide bonds. The third kappa shape index (κ3) is 3.18. The monoisotopic (exact) mass is 363 g/mol. The lowest BCUT2D eigenvalue weighted by Gasteiger charge is -2.30. The number of imide groups is 1. The Morgan fingerprint density at radius 1 is 0.963 bits per heavy atom. The number of amides is 3. The number of rotatable bonds is 3. The van der Waals surface area contributed by atoms with Gasteiger partial charge in [0.25, 0.3) is 5.91 Å². The van der Waals surface area contributed by atoms with Crippen molar-refractivity contribution in [3.05, 3.63) is 59.2 Å². The maximum atomic E-state index is 13.0. The first-order valence-corrected chi connectivity index (χ1v) is 9.16. The second-order valence-electron chi connectivity index (χ2n) is 6.98. The molecule has 2 aromatic carbocycles. The molecule has 0 aromatic heterocycles. The Morgan fingerprint density at radius 3 is 2.37 bits per heavy atom. The van der Waals surface area contributed by atoms with Crippen LogP contribution in [0.3, 0.4) is 0 Å². The molecular weight excluding hydrogens is 342 g/mol. The average Bonchev–Trinajstić information content (AvgIpc) is 3.00. The van der Waals surface area contributed by atoms with Crippen LogP contribution in [0.5, 0.6) is 0 Å². The molecule has 0 saturated carbocycles. The summed E-state index contributed by atoms with van der Waals surface area (Å²) in [6, 6.07) is 12.8. The van der Waals surface area contributed by atoms with Crippen LogP contribution in [0, 0.1) is 0 Å². The van der Waals surface area contributed by atoms with E-state index in [1.807, 2.05) is 18.2 Å². The largest absolute Gasteiger partial charge is 0.398 e. The van der Waals surface area contributed by atoms with Crippen LogP contribution in [0.25, 0.3) is 0 Å². The van der Waals surface area contributed by atoms with E-state index in [2.05, 4.69) is 0 Å². The third-order valence-corrected chi connectivity index (χ3v) is 5.23. The number of benzene rings is 2. The number of carbonyl (C=O) groups excluding carboxylic acids is 3. The zero-order valence-corrected chi connectivity index (χ0v) is 15.0. The summed E-state index contributed by atoms with van der Waals surface area (Å²) < 4.78 is 0. The van der Waals surface area contributed by atoms with Crippen molar-refractivity contribution in [3.63, 3.8) is 0 Å². The fourth-order valence-electron chi connectivity index (χ4n) is 3.75. The predicted octanol–water partition coefficient (Wildman–Crippen LogP) is 2.51. The maximum absolute atomic E-state index is 13.0. The van der Waals surface area contributed by atoms with Crippen LogP contribution < -0.4 is 10.6 Å². The van der Waals surface area contributed by atoms with Crippen molar-refractivity contribution in [2.45, 2.75) is 32.2 Å². The summed E-state index contributed by atoms with van der Waals surface area (Å²) in [6.07, 6.45) is 2.33. The molecule has 1 saturated heterocycles. The van der Waals surface area contributed by atoms with Gasteiger partial charge in [-0.05, 0) is 48.2 Å². The van der Waals surface area contributed by atoms with Gasteiger partial charge in [-0.15, -0.1) is 0 Å². The van der Waals surface area contributed by atoms with Gasteiger partial charge in [-0.2, -0.15) is 0 Å². The molecule has 0 atom stereocenters. The summed E-state index contributed by atoms with van der Waals surface area (Å²) in [7, 11) is 0. The fourth-order valence-corrected chi connectivity index (χ4v) is 3.75. The molecule has 4 rings (SSSR count). The van der Waals surface area contributed by atoms with Crippen LogP contribution in [-0.2, 0) is 22.6 Å². The molecule has 6 heteroatoms. The Hall–Kier alpha value is -3.15. The van der Waals surface area contributed by atoms with Crippen molar-refractivity contribution < 1.29 is 14.4 Å². The first-order chi connectivity index (χ1) is 13.0. The van der Waals surface area contributed by atoms with Crippen molar-refractivity contribution in [1.29, 1.82) is 0 Å². The molecule has 2 N–H and O–H groups in total. The Balaban J connectivity index is 1.53. The molecule has 0 bridgehead atoms. The van der Waals surface area contributed by atoms with Gasteiger partial charge in [-0.25, -0.2) is 0 Å². The van der Waals surface area contributed by atoms with Crippen molar-refractivity contribution in [2.75, 3.05) is 17.2 Å². The van der Waals surface area contributed by atoms with Crippen molar-refractivity contribution in [3.8, 4) is 0 Å². The van der Waals surface area contributed by atoms with E-state index in [4.69, 9.17) is 5.73 Å². The predicted molar refractivity (Wildman–Crippen MR) is 102 cm³/mol. The highest BCUT2D eigenvalue weighted by molar-refractivity contribution is 6.07. The van der Waals surface area contributed by atoms with Gasteiger partial charge in [-0.3, -0.25) is 19.3 Å². The van der Waals surface area contributed by atoms with Crippen LogP contribution in [-0.4, -0.2) is 29.2 Å². The summed E-state index contributed by atoms with van der Waals surface area (Å²) in [4.78, 5) is 39.6. The molecule has 6 nitrogen and oxygen atoms in total. The summed E-state index contributed by atoms with van der Waals surface area (Å²) in [6.45, 7) is 0.920. The van der Waals surface area contributed by atoms with E-state index < -0.39 is 0 Å². The lowest BCUT2D eigenvalue weighted by Crippen LogP contribution is -2.35. The van der Waals surface area contributed by atoms with Gasteiger partial charge in [0, 0.05) is 36.3 Å². The van der Waals surface area contributed by atoms with E-state index in [0.717, 1.165) is 35.3 Å². The molecule has 0 spiro atoms. The average molecular weight is 363 g/mol. The number of fused-ring (bicyclic) bond motifs is 1. The molecule has 2 aliphatic rings. The minimum Gasteiger partial charge on any atom is -0.398 e. The molecule has 2 aliphatic heterocycles. The summed E-state index contributed by atoms with van der Waals surface area (Å²) in [5, 5.41) is 0. The second kappa shape index (κ2) is 6.87. The number of hydrogen-bond acceptors (Lipinski definition) is 4. The van der Waals surface area contributed by atoms with E-state index in [1.165, 1.54) is 4.90 Å². The number of anilines is 2. The van der Waals surface area contributed by atoms with Gasteiger partial charge in [0.15, 0.2) is 0 Å². The minimum absolute atomic E-state index is 0.0681. The standard InChI is InChI=1S/C21H21N3O3/c22-17-4-1-5-18-16(17)3-2-12-23(18)21(27)15-8-6-14(7-9-15)13-24-19(25)10-11-20(24)26/h1,4-9H,2-3,10-13,22H2. The van der Waals surface area contributed by atoms with E-state index in [0.29, 0.717) is 12.1 Å². The van der Waals surface area contributed by atoms with Gasteiger partial charge < -0.3 is 10.6 Å². The highest BCUT2D eigenvalue weighted by atomic mass is 16.2. The van der Waals surface area contributed by atoms with Crippen LogP contribution >= 0.6 is 0 Å². The van der Waals surface area contributed by atoms with Gasteiger partial charge in [0.05, 0.1) is 6.54 Å². The number of likely N-dealkylation sites (tertiary alicyclic amines) is 1. The van der Waals surface area contributed by atoms with Gasteiger partial charge in [0.2, 0.25) is 11.8 Å². The zero-order valence-electron chi connectivity index (χ0n) is 15.0. The number of nitrogens with two attached hydrogens (primary N) is 1. The second-order valence-corrected chi connectivity index (χ2v) is 6.98. The minimum atomic E-state index is -0.136. The van der Waals surface area contributed by atoms with Crippen molar-refractivity contribution in [1.82, 2.24) is 4.90 Å².